The molecule has 0 bridgehead atoms. The molecule has 2 aromatic carbocycles. The average Bonchev–Trinajstić information content (AvgIpc) is 2.89. The number of nitrogens with two attached hydrogens (primary N) is 1. The smallest absolute Gasteiger partial charge is 0.293 e. The molecule has 15 heteroatoms. The maximum absolute atomic E-state index is 12.3. The van der Waals surface area contributed by atoms with Gasteiger partial charge in [0.05, 0.1) is 41.6 Å². The summed E-state index contributed by atoms with van der Waals surface area (Å²) in [6.45, 7) is 0. The summed E-state index contributed by atoms with van der Waals surface area (Å²) < 4.78 is 12.8. The predicted molar refractivity (Wildman–Crippen MR) is 128 cm³/mol. The summed E-state index contributed by atoms with van der Waals surface area (Å²) in [5.74, 6) is 0.650. The minimum absolute atomic E-state index is 0.0237. The van der Waals surface area contributed by atoms with E-state index in [0.29, 0.717) is 20.4 Å². The van der Waals surface area contributed by atoms with Gasteiger partial charge in [-0.2, -0.15) is 19.7 Å². The van der Waals surface area contributed by atoms with Gasteiger partial charge in [-0.15, -0.1) is 5.10 Å². The molecule has 184 valence electrons. The zero-order valence-electron chi connectivity index (χ0n) is 19.0. The number of fused-ring (bicyclic) bond motifs is 2. The van der Waals surface area contributed by atoms with E-state index in [1.807, 2.05) is 0 Å². The van der Waals surface area contributed by atoms with Crippen molar-refractivity contribution in [2.75, 3.05) is 14.2 Å². The summed E-state index contributed by atoms with van der Waals surface area (Å²) in [7, 11) is 2.93. The summed E-state index contributed by atoms with van der Waals surface area (Å²) >= 11 is 0. The second-order valence-corrected chi connectivity index (χ2v) is 7.19. The Morgan fingerprint density at radius 3 is 2.25 bits per heavy atom. The monoisotopic (exact) mass is 495 g/mol. The van der Waals surface area contributed by atoms with Crippen molar-refractivity contribution in [1.29, 1.82) is 0 Å². The van der Waals surface area contributed by atoms with Gasteiger partial charge in [0.25, 0.3) is 23.4 Å². The second-order valence-electron chi connectivity index (χ2n) is 7.19. The molecule has 0 aliphatic rings. The molecule has 0 saturated heterocycles. The first kappa shape index (κ1) is 23.7. The highest BCUT2D eigenvalue weighted by Gasteiger charge is 2.17. The quantitative estimate of drug-likeness (QED) is 0.0958. The topological polar surface area (TPSA) is 190 Å². The van der Waals surface area contributed by atoms with E-state index in [1.54, 1.807) is 12.1 Å². The molecular formula is C21H21N9O6+2. The molecule has 0 aliphatic heterocycles. The Hall–Kier alpha value is -5.47. The fourth-order valence-electron chi connectivity index (χ4n) is 3.25. The number of hydrogen-bond acceptors (Lipinski definition) is 9. The SMILES string of the molecule is COc1ccc2c(c1)n(O)c(/C=N/NC(N)=N/N=C/c1c[n+](=O)c3cc(OC)ccc3n1O)c[n+]2=O. The van der Waals surface area contributed by atoms with E-state index < -0.39 is 0 Å². The molecule has 0 fully saturated rings. The van der Waals surface area contributed by atoms with Crippen LogP contribution >= 0.6 is 0 Å². The molecule has 36 heavy (non-hydrogen) atoms. The van der Waals surface area contributed by atoms with Gasteiger partial charge in [-0.25, -0.2) is 5.43 Å². The van der Waals surface area contributed by atoms with Gasteiger partial charge < -0.3 is 25.6 Å². The Bertz CT molecular complexity index is 1670. The maximum atomic E-state index is 12.3. The second kappa shape index (κ2) is 9.80. The number of ether oxygens (including phenoxy) is 2. The van der Waals surface area contributed by atoms with Crippen LogP contribution in [0.15, 0.2) is 64.1 Å². The number of aromatic nitrogens is 4. The van der Waals surface area contributed by atoms with Gasteiger partial charge in [0, 0.05) is 21.9 Å². The lowest BCUT2D eigenvalue weighted by atomic mass is 10.2. The van der Waals surface area contributed by atoms with Crippen molar-refractivity contribution < 1.29 is 28.7 Å². The molecule has 0 amide bonds. The minimum atomic E-state index is -0.255. The van der Waals surface area contributed by atoms with E-state index in [1.165, 1.54) is 38.5 Å². The summed E-state index contributed by atoms with van der Waals surface area (Å²) in [5.41, 5.74) is 8.94. The molecule has 0 radical (unpaired) electrons. The molecule has 0 spiro atoms. The van der Waals surface area contributed by atoms with Crippen molar-refractivity contribution in [3.05, 3.63) is 70.0 Å². The maximum Gasteiger partial charge on any atom is 0.293 e. The highest BCUT2D eigenvalue weighted by Crippen LogP contribution is 2.18. The lowest BCUT2D eigenvalue weighted by Gasteiger charge is -2.04. The Morgan fingerprint density at radius 1 is 0.917 bits per heavy atom. The highest BCUT2D eigenvalue weighted by atomic mass is 16.5. The molecule has 2 heterocycles. The van der Waals surface area contributed by atoms with Crippen LogP contribution in [0.1, 0.15) is 11.4 Å². The number of hydrazone groups is 1. The first-order chi connectivity index (χ1) is 17.3. The lowest BCUT2D eigenvalue weighted by molar-refractivity contribution is -0.465. The Labute approximate surface area is 201 Å². The van der Waals surface area contributed by atoms with Crippen LogP contribution in [0.3, 0.4) is 0 Å². The third-order valence-corrected chi connectivity index (χ3v) is 5.02. The molecule has 0 atom stereocenters. The van der Waals surface area contributed by atoms with Crippen LogP contribution in [-0.4, -0.2) is 52.5 Å². The normalized spacial score (nSPS) is 12.1. The summed E-state index contributed by atoms with van der Waals surface area (Å²) in [5, 5.41) is 32.0. The van der Waals surface area contributed by atoms with E-state index in [-0.39, 0.29) is 39.4 Å². The highest BCUT2D eigenvalue weighted by molar-refractivity contribution is 5.85. The van der Waals surface area contributed by atoms with Crippen LogP contribution in [0.25, 0.3) is 22.1 Å². The van der Waals surface area contributed by atoms with Crippen molar-refractivity contribution in [2.24, 2.45) is 21.0 Å². The molecule has 0 unspecified atom stereocenters. The van der Waals surface area contributed by atoms with Gasteiger partial charge >= 0.3 is 0 Å². The lowest BCUT2D eigenvalue weighted by Crippen LogP contribution is -2.27. The number of hydrogen-bond donors (Lipinski definition) is 4. The Kier molecular flexibility index (Phi) is 6.44. The number of benzene rings is 2. The summed E-state index contributed by atoms with van der Waals surface area (Å²) in [6.07, 6.45) is 4.45. The fourth-order valence-corrected chi connectivity index (χ4v) is 3.25. The van der Waals surface area contributed by atoms with Gasteiger partial charge in [0.1, 0.15) is 11.5 Å². The Balaban J connectivity index is 1.52. The average molecular weight is 495 g/mol. The van der Waals surface area contributed by atoms with Crippen molar-refractivity contribution >= 4 is 40.5 Å². The van der Waals surface area contributed by atoms with Crippen LogP contribution in [0, 0.1) is 9.81 Å². The van der Waals surface area contributed by atoms with Crippen LogP contribution in [0.2, 0.25) is 0 Å². The molecule has 0 saturated carbocycles. The Morgan fingerprint density at radius 2 is 1.53 bits per heavy atom. The molecule has 4 rings (SSSR count). The number of guanidine groups is 1. The van der Waals surface area contributed by atoms with Crippen LogP contribution < -0.4 is 29.5 Å². The zero-order valence-corrected chi connectivity index (χ0v) is 19.0. The zero-order chi connectivity index (χ0) is 25.8. The number of nitrogens with one attached hydrogen (secondary N) is 1. The predicted octanol–water partition coefficient (Wildman–Crippen LogP) is 0.189. The first-order valence-corrected chi connectivity index (χ1v) is 10.2. The van der Waals surface area contributed by atoms with Gasteiger partial charge in [0.15, 0.2) is 22.4 Å². The number of nitrogens with zero attached hydrogens (tertiary/aromatic N) is 7. The molecule has 2 aromatic heterocycles. The number of methoxy groups -OCH3 is 2. The number of rotatable bonds is 6. The first-order valence-electron chi connectivity index (χ1n) is 10.2. The van der Waals surface area contributed by atoms with Gasteiger partial charge in [0.2, 0.25) is 5.96 Å². The fraction of sp³-hybridized carbons (Fsp3) is 0.0952. The van der Waals surface area contributed by atoms with E-state index in [9.17, 15) is 20.2 Å². The van der Waals surface area contributed by atoms with Crippen LogP contribution in [-0.2, 0) is 0 Å². The minimum Gasteiger partial charge on any atom is -0.497 e. The van der Waals surface area contributed by atoms with Gasteiger partial charge in [-0.3, -0.25) is 0 Å². The molecule has 5 N–H and O–H groups in total. The van der Waals surface area contributed by atoms with Crippen LogP contribution in [0.5, 0.6) is 11.5 Å². The molecule has 0 aliphatic carbocycles. The standard InChI is InChI=1S/C21H21N9O6/c1-35-15-4-6-18-19(7-15)28(32)12-13(29(18)33)9-23-25-21(22)26-24-10-14-11-27(31)17-5-3-16(36-2)8-20(17)30(14)34/h3-12,33-34H,1-2H3,(H3,22,25,26)/q+2/b23-9+,24-10+. The molecule has 15 nitrogen and oxygen atoms in total. The van der Waals surface area contributed by atoms with Gasteiger partial charge in [-0.1, -0.05) is 0 Å². The van der Waals surface area contributed by atoms with Crippen molar-refractivity contribution in [1.82, 2.24) is 14.9 Å². The summed E-state index contributed by atoms with van der Waals surface area (Å²) in [4.78, 5) is 24.5. The van der Waals surface area contributed by atoms with Crippen molar-refractivity contribution in [2.45, 2.75) is 0 Å². The molecular weight excluding hydrogens is 474 g/mol. The summed E-state index contributed by atoms with van der Waals surface area (Å²) in [6, 6.07) is 9.16. The third-order valence-electron chi connectivity index (χ3n) is 5.02. The van der Waals surface area contributed by atoms with Crippen molar-refractivity contribution in [3.8, 4) is 11.5 Å². The van der Waals surface area contributed by atoms with Crippen molar-refractivity contribution in [3.63, 3.8) is 0 Å². The third kappa shape index (κ3) is 4.60. The van der Waals surface area contributed by atoms with E-state index in [2.05, 4.69) is 20.7 Å². The van der Waals surface area contributed by atoms with Gasteiger partial charge in [-0.05, 0) is 18.2 Å². The van der Waals surface area contributed by atoms with E-state index >= 15 is 0 Å². The largest absolute Gasteiger partial charge is 0.497 e. The molecule has 4 aromatic rings. The van der Waals surface area contributed by atoms with E-state index in [4.69, 9.17) is 15.2 Å². The van der Waals surface area contributed by atoms with Crippen LogP contribution in [0.4, 0.5) is 0 Å². The van der Waals surface area contributed by atoms with E-state index in [0.717, 1.165) is 34.3 Å².